The lowest BCUT2D eigenvalue weighted by atomic mass is 10.2. The number of amides is 1. The molecule has 10 heteroatoms. The van der Waals surface area contributed by atoms with Gasteiger partial charge in [-0.1, -0.05) is 11.2 Å². The van der Waals surface area contributed by atoms with E-state index < -0.39 is 10.0 Å². The predicted octanol–water partition coefficient (Wildman–Crippen LogP) is 1.35. The molecule has 0 spiro atoms. The molecular weight excluding hydrogens is 372 g/mol. The van der Waals surface area contributed by atoms with E-state index in [1.807, 2.05) is 13.8 Å². The first-order valence-electron chi connectivity index (χ1n) is 8.49. The number of carbonyl (C=O) groups is 1. The van der Waals surface area contributed by atoms with Crippen LogP contribution < -0.4 is 5.32 Å². The van der Waals surface area contributed by atoms with Gasteiger partial charge in [0.2, 0.25) is 15.9 Å². The number of rotatable bonds is 9. The highest BCUT2D eigenvalue weighted by atomic mass is 32.2. The highest BCUT2D eigenvalue weighted by Crippen LogP contribution is 2.18. The van der Waals surface area contributed by atoms with Crippen molar-refractivity contribution < 1.29 is 22.5 Å². The maximum absolute atomic E-state index is 12.8. The van der Waals surface area contributed by atoms with E-state index in [-0.39, 0.29) is 34.9 Å². The van der Waals surface area contributed by atoms with Crippen LogP contribution in [0.3, 0.4) is 0 Å². The maximum atomic E-state index is 12.8. The maximum Gasteiger partial charge on any atom is 0.251 e. The Hall–Kier alpha value is -2.30. The Morgan fingerprint density at radius 2 is 2.15 bits per heavy atom. The number of hydrogen-bond acceptors (Lipinski definition) is 7. The van der Waals surface area contributed by atoms with Gasteiger partial charge in [-0.25, -0.2) is 8.42 Å². The monoisotopic (exact) mass is 396 g/mol. The second kappa shape index (κ2) is 9.07. The normalized spacial score (nSPS) is 12.9. The fourth-order valence-corrected chi connectivity index (χ4v) is 3.51. The Morgan fingerprint density at radius 3 is 2.78 bits per heavy atom. The zero-order valence-electron chi connectivity index (χ0n) is 15.8. The number of carbonyl (C=O) groups excluding carboxylic acids is 1. The van der Waals surface area contributed by atoms with Crippen molar-refractivity contribution in [2.24, 2.45) is 0 Å². The van der Waals surface area contributed by atoms with Crippen molar-refractivity contribution in [2.75, 3.05) is 20.2 Å². The second-order valence-electron chi connectivity index (χ2n) is 6.00. The zero-order valence-corrected chi connectivity index (χ0v) is 16.6. The summed E-state index contributed by atoms with van der Waals surface area (Å²) in [4.78, 5) is 16.3. The molecule has 1 amide bonds. The number of ether oxygens (including phenoxy) is 1. The molecule has 148 valence electrons. The van der Waals surface area contributed by atoms with E-state index in [1.165, 1.54) is 25.2 Å². The number of aromatic nitrogens is 2. The van der Waals surface area contributed by atoms with Crippen LogP contribution in [0.2, 0.25) is 0 Å². The summed E-state index contributed by atoms with van der Waals surface area (Å²) in [6.45, 7) is 6.19. The van der Waals surface area contributed by atoms with E-state index in [0.717, 1.165) is 4.31 Å². The summed E-state index contributed by atoms with van der Waals surface area (Å²) < 4.78 is 36.9. The molecule has 1 atom stereocenters. The van der Waals surface area contributed by atoms with Gasteiger partial charge in [-0.3, -0.25) is 4.79 Å². The average molecular weight is 396 g/mol. The third-order valence-electron chi connectivity index (χ3n) is 3.73. The van der Waals surface area contributed by atoms with Gasteiger partial charge in [0, 0.05) is 25.8 Å². The fraction of sp³-hybridized carbons (Fsp3) is 0.471. The minimum absolute atomic E-state index is 0.00624. The van der Waals surface area contributed by atoms with E-state index in [4.69, 9.17) is 9.26 Å². The summed E-state index contributed by atoms with van der Waals surface area (Å²) in [5, 5.41) is 6.37. The first-order valence-corrected chi connectivity index (χ1v) is 9.93. The topological polar surface area (TPSA) is 115 Å². The molecule has 2 aromatic rings. The number of benzene rings is 1. The van der Waals surface area contributed by atoms with Crippen molar-refractivity contribution >= 4 is 15.9 Å². The average Bonchev–Trinajstić information content (AvgIpc) is 3.04. The van der Waals surface area contributed by atoms with Crippen LogP contribution in [0.4, 0.5) is 0 Å². The molecule has 9 nitrogen and oxygen atoms in total. The third kappa shape index (κ3) is 5.59. The van der Waals surface area contributed by atoms with Crippen LogP contribution in [-0.2, 0) is 21.3 Å². The van der Waals surface area contributed by atoms with E-state index in [0.29, 0.717) is 19.0 Å². The second-order valence-corrected chi connectivity index (χ2v) is 8.05. The number of nitrogens with one attached hydrogen (secondary N) is 1. The summed E-state index contributed by atoms with van der Waals surface area (Å²) in [6.07, 6.45) is -0.130. The van der Waals surface area contributed by atoms with Crippen LogP contribution in [0, 0.1) is 6.92 Å². The van der Waals surface area contributed by atoms with Crippen molar-refractivity contribution in [1.82, 2.24) is 19.8 Å². The largest absolute Gasteiger partial charge is 0.377 e. The van der Waals surface area contributed by atoms with Crippen molar-refractivity contribution in [1.29, 1.82) is 0 Å². The summed E-state index contributed by atoms with van der Waals surface area (Å²) in [6, 6.07) is 5.86. The Labute approximate surface area is 158 Å². The number of nitrogens with zero attached hydrogens (tertiary/aromatic N) is 3. The molecule has 1 heterocycles. The van der Waals surface area contributed by atoms with Gasteiger partial charge in [0.05, 0.1) is 17.5 Å². The number of sulfonamides is 1. The van der Waals surface area contributed by atoms with Crippen molar-refractivity contribution in [3.63, 3.8) is 0 Å². The van der Waals surface area contributed by atoms with Crippen LogP contribution in [0.5, 0.6) is 0 Å². The van der Waals surface area contributed by atoms with E-state index in [9.17, 15) is 13.2 Å². The molecule has 0 saturated carbocycles. The Kier molecular flexibility index (Phi) is 7.05. The van der Waals surface area contributed by atoms with Crippen molar-refractivity contribution in [3.8, 4) is 0 Å². The summed E-state index contributed by atoms with van der Waals surface area (Å²) in [7, 11) is -2.41. The van der Waals surface area contributed by atoms with Gasteiger partial charge >= 0.3 is 0 Å². The molecule has 0 aliphatic carbocycles. The Balaban J connectivity index is 2.11. The van der Waals surface area contributed by atoms with Crippen molar-refractivity contribution in [3.05, 3.63) is 41.5 Å². The summed E-state index contributed by atoms with van der Waals surface area (Å²) >= 11 is 0. The molecule has 0 aliphatic rings. The molecule has 0 aliphatic heterocycles. The quantitative estimate of drug-likeness (QED) is 0.680. The predicted molar refractivity (Wildman–Crippen MR) is 97.6 cm³/mol. The van der Waals surface area contributed by atoms with Gasteiger partial charge < -0.3 is 14.6 Å². The molecule has 0 saturated heterocycles. The van der Waals surface area contributed by atoms with Crippen LogP contribution in [0.1, 0.15) is 35.9 Å². The van der Waals surface area contributed by atoms with Gasteiger partial charge in [-0.15, -0.1) is 0 Å². The molecule has 27 heavy (non-hydrogen) atoms. The summed E-state index contributed by atoms with van der Waals surface area (Å²) in [5.74, 6) is 0.252. The molecule has 1 aromatic heterocycles. The van der Waals surface area contributed by atoms with Gasteiger partial charge in [-0.2, -0.15) is 9.29 Å². The Morgan fingerprint density at radius 1 is 1.41 bits per heavy atom. The van der Waals surface area contributed by atoms with Gasteiger partial charge in [0.25, 0.3) is 5.91 Å². The van der Waals surface area contributed by atoms with Gasteiger partial charge in [0.1, 0.15) is 0 Å². The lowest BCUT2D eigenvalue weighted by molar-refractivity contribution is 0.0695. The molecule has 0 unspecified atom stereocenters. The Bertz CT molecular complexity index is 881. The van der Waals surface area contributed by atoms with E-state index in [2.05, 4.69) is 15.5 Å². The molecule has 0 fully saturated rings. The lowest BCUT2D eigenvalue weighted by Crippen LogP contribution is -2.32. The third-order valence-corrected chi connectivity index (χ3v) is 5.53. The van der Waals surface area contributed by atoms with Crippen LogP contribution in [-0.4, -0.2) is 55.1 Å². The zero-order chi connectivity index (χ0) is 20.0. The number of aryl methyl sites for hydroxylation is 1. The summed E-state index contributed by atoms with van der Waals surface area (Å²) in [5.41, 5.74) is 0.252. The van der Waals surface area contributed by atoms with Gasteiger partial charge in [-0.05, 0) is 39.0 Å². The fourth-order valence-electron chi connectivity index (χ4n) is 2.34. The lowest BCUT2D eigenvalue weighted by Gasteiger charge is -2.16. The van der Waals surface area contributed by atoms with Crippen molar-refractivity contribution in [2.45, 2.75) is 38.3 Å². The molecule has 1 aromatic carbocycles. The molecule has 0 radical (unpaired) electrons. The minimum Gasteiger partial charge on any atom is -0.377 e. The molecule has 2 rings (SSSR count). The highest BCUT2D eigenvalue weighted by Gasteiger charge is 2.24. The number of hydrogen-bond donors (Lipinski definition) is 1. The SMILES string of the molecule is CCO[C@H](C)CNC(=O)c1cccc(S(=O)(=O)N(C)Cc2nc(C)no2)c1. The van der Waals surface area contributed by atoms with E-state index in [1.54, 1.807) is 13.0 Å². The first-order chi connectivity index (χ1) is 12.7. The van der Waals surface area contributed by atoms with Crippen LogP contribution >= 0.6 is 0 Å². The first kappa shape index (κ1) is 21.0. The van der Waals surface area contributed by atoms with Gasteiger partial charge in [0.15, 0.2) is 5.82 Å². The van der Waals surface area contributed by atoms with Crippen LogP contribution in [0.25, 0.3) is 0 Å². The van der Waals surface area contributed by atoms with Crippen LogP contribution in [0.15, 0.2) is 33.7 Å². The molecule has 0 bridgehead atoms. The smallest absolute Gasteiger partial charge is 0.251 e. The molecule has 1 N–H and O–H groups in total. The minimum atomic E-state index is -3.82. The molecular formula is C17H24N4O5S. The van der Waals surface area contributed by atoms with E-state index >= 15 is 0 Å². The standard InChI is InChI=1S/C17H24N4O5S/c1-5-25-12(2)10-18-17(22)14-7-6-8-15(9-14)27(23,24)21(4)11-16-19-13(3)20-26-16/h6-9,12H,5,10-11H2,1-4H3,(H,18,22)/t12-/m1/s1. The highest BCUT2D eigenvalue weighted by molar-refractivity contribution is 7.89.